The van der Waals surface area contributed by atoms with E-state index < -0.39 is 0 Å². The standard InChI is InChI=1S/C15H13N4OS/c1-2-11(14-16-4-5-21-14)13-12(3-1)18-15(20-13)19-7-9-6-10(8-19)17-9/h1-2,4-5,9-10,17H,6-8H2. The van der Waals surface area contributed by atoms with Crippen molar-refractivity contribution < 1.29 is 4.42 Å². The maximum absolute atomic E-state index is 6.05. The van der Waals surface area contributed by atoms with E-state index in [0.29, 0.717) is 18.1 Å². The Bertz CT molecular complexity index is 781. The van der Waals surface area contributed by atoms with Crippen LogP contribution in [0, 0.1) is 6.07 Å². The molecule has 2 unspecified atom stereocenters. The average molecular weight is 297 g/mol. The van der Waals surface area contributed by atoms with E-state index >= 15 is 0 Å². The highest BCUT2D eigenvalue weighted by molar-refractivity contribution is 7.13. The molecule has 1 radical (unpaired) electrons. The third-order valence-electron chi connectivity index (χ3n) is 4.19. The van der Waals surface area contributed by atoms with Crippen molar-refractivity contribution in [2.24, 2.45) is 0 Å². The van der Waals surface area contributed by atoms with Crippen LogP contribution < -0.4 is 10.2 Å². The van der Waals surface area contributed by atoms with E-state index in [0.717, 1.165) is 34.8 Å². The van der Waals surface area contributed by atoms with Gasteiger partial charge in [-0.15, -0.1) is 11.3 Å². The molecule has 1 aromatic carbocycles. The highest BCUT2D eigenvalue weighted by Crippen LogP contribution is 2.34. The Labute approximate surface area is 125 Å². The van der Waals surface area contributed by atoms with Gasteiger partial charge in [0.25, 0.3) is 6.01 Å². The van der Waals surface area contributed by atoms with Gasteiger partial charge in [0.1, 0.15) is 10.5 Å². The molecule has 21 heavy (non-hydrogen) atoms. The van der Waals surface area contributed by atoms with Crippen molar-refractivity contribution in [1.29, 1.82) is 0 Å². The molecule has 3 aliphatic heterocycles. The summed E-state index contributed by atoms with van der Waals surface area (Å²) >= 11 is 1.61. The summed E-state index contributed by atoms with van der Waals surface area (Å²) in [5.74, 6) is 0. The van der Waals surface area contributed by atoms with E-state index in [1.165, 1.54) is 6.42 Å². The first-order valence-corrected chi connectivity index (χ1v) is 7.97. The number of thiazole rings is 1. The smallest absolute Gasteiger partial charge is 0.298 e. The lowest BCUT2D eigenvalue weighted by molar-refractivity contribution is 0.220. The third-order valence-corrected chi connectivity index (χ3v) is 4.99. The van der Waals surface area contributed by atoms with Gasteiger partial charge in [-0.1, -0.05) is 6.07 Å². The maximum Gasteiger partial charge on any atom is 0.298 e. The van der Waals surface area contributed by atoms with Crippen LogP contribution in [0.3, 0.4) is 0 Å². The van der Waals surface area contributed by atoms with Gasteiger partial charge in [0.2, 0.25) is 0 Å². The van der Waals surface area contributed by atoms with Crippen LogP contribution in [-0.2, 0) is 0 Å². The monoisotopic (exact) mass is 297 g/mol. The summed E-state index contributed by atoms with van der Waals surface area (Å²) < 4.78 is 6.05. The van der Waals surface area contributed by atoms with E-state index in [9.17, 15) is 0 Å². The summed E-state index contributed by atoms with van der Waals surface area (Å²) in [6.07, 6.45) is 3.08. The number of aromatic nitrogens is 2. The fraction of sp³-hybridized carbons (Fsp3) is 0.333. The van der Waals surface area contributed by atoms with E-state index in [4.69, 9.17) is 4.42 Å². The number of oxazole rings is 1. The minimum Gasteiger partial charge on any atom is -0.423 e. The van der Waals surface area contributed by atoms with Gasteiger partial charge in [-0.25, -0.2) is 4.98 Å². The molecule has 3 aliphatic rings. The lowest BCUT2D eigenvalue weighted by Crippen LogP contribution is -2.67. The van der Waals surface area contributed by atoms with E-state index in [1.807, 2.05) is 23.7 Å². The Morgan fingerprint density at radius 1 is 1.38 bits per heavy atom. The SMILES string of the molecule is [c]1ccc(-c2nccs2)c2oc(N3CC4CC(C3)N4)nc12. The number of piperidine rings is 1. The lowest BCUT2D eigenvalue weighted by atomic mass is 9.92. The normalized spacial score (nSPS) is 24.3. The van der Waals surface area contributed by atoms with Gasteiger partial charge in [0, 0.05) is 42.8 Å². The molecule has 0 aliphatic carbocycles. The zero-order valence-electron chi connectivity index (χ0n) is 11.2. The highest BCUT2D eigenvalue weighted by atomic mass is 32.1. The number of anilines is 1. The minimum absolute atomic E-state index is 0.584. The highest BCUT2D eigenvalue weighted by Gasteiger charge is 2.38. The van der Waals surface area contributed by atoms with Gasteiger partial charge in [0.05, 0.1) is 5.56 Å². The van der Waals surface area contributed by atoms with Gasteiger partial charge in [-0.3, -0.25) is 0 Å². The fourth-order valence-electron chi connectivity index (χ4n) is 3.20. The zero-order valence-corrected chi connectivity index (χ0v) is 12.1. The van der Waals surface area contributed by atoms with Gasteiger partial charge in [-0.05, 0) is 12.5 Å². The average Bonchev–Trinajstić information content (AvgIpc) is 3.15. The number of rotatable bonds is 2. The molecule has 3 fully saturated rings. The Balaban J connectivity index is 1.59. The molecule has 5 heterocycles. The van der Waals surface area contributed by atoms with E-state index in [1.54, 1.807) is 11.3 Å². The molecular weight excluding hydrogens is 284 g/mol. The summed E-state index contributed by atoms with van der Waals surface area (Å²) in [5.41, 5.74) is 2.57. The van der Waals surface area contributed by atoms with Crippen molar-refractivity contribution >= 4 is 28.5 Å². The van der Waals surface area contributed by atoms with E-state index in [2.05, 4.69) is 26.3 Å². The van der Waals surface area contributed by atoms with Gasteiger partial charge in [-0.2, -0.15) is 4.98 Å². The predicted octanol–water partition coefficient (Wildman–Crippen LogP) is 2.30. The Kier molecular flexibility index (Phi) is 2.39. The van der Waals surface area contributed by atoms with Crippen molar-refractivity contribution in [2.45, 2.75) is 18.5 Å². The lowest BCUT2D eigenvalue weighted by Gasteiger charge is -2.47. The van der Waals surface area contributed by atoms with Crippen LogP contribution in [0.25, 0.3) is 21.7 Å². The van der Waals surface area contributed by atoms with Crippen LogP contribution in [0.5, 0.6) is 0 Å². The predicted molar refractivity (Wildman–Crippen MR) is 81.5 cm³/mol. The van der Waals surface area contributed by atoms with Crippen LogP contribution in [0.15, 0.2) is 28.1 Å². The number of hydrogen-bond donors (Lipinski definition) is 1. The molecule has 0 amide bonds. The Morgan fingerprint density at radius 2 is 2.24 bits per heavy atom. The second-order valence-corrected chi connectivity index (χ2v) is 6.50. The van der Waals surface area contributed by atoms with Crippen molar-refractivity contribution in [3.05, 3.63) is 29.8 Å². The Hall–Kier alpha value is -1.92. The first-order chi connectivity index (χ1) is 10.4. The number of nitrogens with zero attached hydrogens (tertiary/aromatic N) is 3. The second kappa shape index (κ2) is 4.29. The van der Waals surface area contributed by atoms with Crippen molar-refractivity contribution in [2.75, 3.05) is 18.0 Å². The third kappa shape index (κ3) is 1.79. The number of nitrogens with one attached hydrogen (secondary N) is 1. The minimum atomic E-state index is 0.584. The largest absolute Gasteiger partial charge is 0.423 e. The van der Waals surface area contributed by atoms with Crippen molar-refractivity contribution in [1.82, 2.24) is 15.3 Å². The van der Waals surface area contributed by atoms with Crippen LogP contribution in [0.4, 0.5) is 6.01 Å². The molecule has 3 aromatic rings. The number of fused-ring (bicyclic) bond motifs is 3. The molecule has 2 atom stereocenters. The molecule has 2 aromatic heterocycles. The quantitative estimate of drug-likeness (QED) is 0.786. The van der Waals surface area contributed by atoms with Crippen LogP contribution in [0.2, 0.25) is 0 Å². The van der Waals surface area contributed by atoms with Crippen molar-refractivity contribution in [3.63, 3.8) is 0 Å². The van der Waals surface area contributed by atoms with Gasteiger partial charge >= 0.3 is 0 Å². The number of benzene rings is 1. The molecular formula is C15H13N4OS. The van der Waals surface area contributed by atoms with Gasteiger partial charge < -0.3 is 14.6 Å². The Morgan fingerprint density at radius 3 is 3.00 bits per heavy atom. The first-order valence-electron chi connectivity index (χ1n) is 7.09. The molecule has 105 valence electrons. The maximum atomic E-state index is 6.05. The molecule has 3 saturated heterocycles. The number of hydrogen-bond acceptors (Lipinski definition) is 6. The number of piperazine rings is 1. The van der Waals surface area contributed by atoms with Crippen LogP contribution >= 0.6 is 11.3 Å². The molecule has 6 rings (SSSR count). The topological polar surface area (TPSA) is 54.2 Å². The summed E-state index contributed by atoms with van der Waals surface area (Å²) in [6.45, 7) is 1.94. The summed E-state index contributed by atoms with van der Waals surface area (Å²) in [4.78, 5) is 11.2. The fourth-order valence-corrected chi connectivity index (χ4v) is 3.86. The molecule has 6 heteroatoms. The summed E-state index contributed by atoms with van der Waals surface area (Å²) in [6, 6.07) is 8.92. The molecule has 5 nitrogen and oxygen atoms in total. The molecule has 0 saturated carbocycles. The van der Waals surface area contributed by atoms with Crippen molar-refractivity contribution in [3.8, 4) is 10.6 Å². The van der Waals surface area contributed by atoms with E-state index in [-0.39, 0.29) is 0 Å². The molecule has 0 spiro atoms. The second-order valence-electron chi connectivity index (χ2n) is 5.60. The van der Waals surface area contributed by atoms with Crippen LogP contribution in [0.1, 0.15) is 6.42 Å². The summed E-state index contributed by atoms with van der Waals surface area (Å²) in [5, 5.41) is 6.45. The van der Waals surface area contributed by atoms with Crippen LogP contribution in [-0.4, -0.2) is 35.1 Å². The molecule has 2 bridgehead atoms. The first kappa shape index (κ1) is 11.7. The van der Waals surface area contributed by atoms with Gasteiger partial charge in [0.15, 0.2) is 5.58 Å². The zero-order chi connectivity index (χ0) is 13.8. The summed E-state index contributed by atoms with van der Waals surface area (Å²) in [7, 11) is 0. The molecule has 1 N–H and O–H groups in total.